The summed E-state index contributed by atoms with van der Waals surface area (Å²) >= 11 is 0. The molecule has 2 aromatic carbocycles. The summed E-state index contributed by atoms with van der Waals surface area (Å²) in [7, 11) is 0. The molecule has 8 heteroatoms. The monoisotopic (exact) mass is 325 g/mol. The third kappa shape index (κ3) is 2.37. The average molecular weight is 325 g/mol. The molecule has 1 aromatic heterocycles. The molecule has 0 spiro atoms. The summed E-state index contributed by atoms with van der Waals surface area (Å²) in [4.78, 5) is 25.9. The molecule has 0 unspecified atom stereocenters. The van der Waals surface area contributed by atoms with E-state index in [1.54, 1.807) is 18.2 Å². The quantitative estimate of drug-likeness (QED) is 0.709. The number of aromatic nitrogens is 3. The third-order valence-corrected chi connectivity index (χ3v) is 3.95. The zero-order chi connectivity index (χ0) is 16.7. The van der Waals surface area contributed by atoms with Crippen LogP contribution in [0.2, 0.25) is 0 Å². The number of rotatable bonds is 3. The predicted molar refractivity (Wildman–Crippen MR) is 83.9 cm³/mol. The Morgan fingerprint density at radius 2 is 1.92 bits per heavy atom. The van der Waals surface area contributed by atoms with E-state index in [2.05, 4.69) is 20.7 Å². The summed E-state index contributed by atoms with van der Waals surface area (Å²) in [6, 6.07) is 9.98. The van der Waals surface area contributed by atoms with Gasteiger partial charge in [-0.3, -0.25) is 9.59 Å². The number of anilines is 1. The highest BCUT2D eigenvalue weighted by Gasteiger charge is 2.38. The van der Waals surface area contributed by atoms with Gasteiger partial charge in [-0.1, -0.05) is 0 Å². The molecule has 0 radical (unpaired) electrons. The second-order valence-corrected chi connectivity index (χ2v) is 5.48. The molecule has 24 heavy (non-hydrogen) atoms. The van der Waals surface area contributed by atoms with Crippen LogP contribution in [0, 0.1) is 5.82 Å². The van der Waals surface area contributed by atoms with Gasteiger partial charge in [-0.2, -0.15) is 15.4 Å². The van der Waals surface area contributed by atoms with Crippen LogP contribution in [0.5, 0.6) is 0 Å². The molecule has 4 rings (SSSR count). The lowest BCUT2D eigenvalue weighted by atomic mass is 10.1. The van der Waals surface area contributed by atoms with Crippen molar-refractivity contribution in [1.29, 1.82) is 0 Å². The van der Waals surface area contributed by atoms with Crippen molar-refractivity contribution in [2.45, 2.75) is 6.04 Å². The normalized spacial score (nSPS) is 17.0. The zero-order valence-corrected chi connectivity index (χ0v) is 12.4. The number of fused-ring (bicyclic) bond motifs is 1. The fourth-order valence-corrected chi connectivity index (χ4v) is 2.61. The average Bonchev–Trinajstić information content (AvgIpc) is 3.06. The molecule has 1 saturated heterocycles. The summed E-state index contributed by atoms with van der Waals surface area (Å²) in [5, 5.41) is 13.0. The van der Waals surface area contributed by atoms with Gasteiger partial charge < -0.3 is 10.2 Å². The fraction of sp³-hybridized carbons (Fsp3) is 0.125. The molecule has 1 fully saturated rings. The van der Waals surface area contributed by atoms with Crippen molar-refractivity contribution < 1.29 is 14.0 Å². The molecule has 120 valence electrons. The maximum absolute atomic E-state index is 12.9. The van der Waals surface area contributed by atoms with Crippen molar-refractivity contribution >= 4 is 28.5 Å². The number of benzene rings is 2. The van der Waals surface area contributed by atoms with Crippen LogP contribution >= 0.6 is 0 Å². The SMILES string of the molecule is O=C(N[C@H]1CN(c2ccc(F)cc2)C1=O)c1ccc2n[nH]nc2c1. The molecule has 2 heterocycles. The summed E-state index contributed by atoms with van der Waals surface area (Å²) in [6.07, 6.45) is 0. The van der Waals surface area contributed by atoms with E-state index in [9.17, 15) is 14.0 Å². The maximum atomic E-state index is 12.9. The molecule has 1 atom stereocenters. The highest BCUT2D eigenvalue weighted by atomic mass is 19.1. The molecule has 3 aromatic rings. The molecular formula is C16H12FN5O2. The largest absolute Gasteiger partial charge is 0.339 e. The van der Waals surface area contributed by atoms with E-state index in [1.165, 1.54) is 29.2 Å². The van der Waals surface area contributed by atoms with Crippen LogP contribution in [-0.4, -0.2) is 39.8 Å². The van der Waals surface area contributed by atoms with Crippen LogP contribution in [-0.2, 0) is 4.79 Å². The van der Waals surface area contributed by atoms with Crippen molar-refractivity contribution in [2.24, 2.45) is 0 Å². The van der Waals surface area contributed by atoms with E-state index in [-0.39, 0.29) is 17.6 Å². The van der Waals surface area contributed by atoms with Crippen LogP contribution < -0.4 is 10.2 Å². The molecule has 1 aliphatic heterocycles. The van der Waals surface area contributed by atoms with Gasteiger partial charge in [-0.15, -0.1) is 0 Å². The maximum Gasteiger partial charge on any atom is 0.252 e. The molecule has 0 saturated carbocycles. The van der Waals surface area contributed by atoms with Gasteiger partial charge in [0.25, 0.3) is 11.8 Å². The molecule has 0 bridgehead atoms. The van der Waals surface area contributed by atoms with E-state index >= 15 is 0 Å². The van der Waals surface area contributed by atoms with Crippen LogP contribution in [0.25, 0.3) is 11.0 Å². The minimum Gasteiger partial charge on any atom is -0.339 e. The van der Waals surface area contributed by atoms with E-state index in [0.29, 0.717) is 28.8 Å². The number of hydrogen-bond donors (Lipinski definition) is 2. The Morgan fingerprint density at radius 3 is 2.67 bits per heavy atom. The van der Waals surface area contributed by atoms with Gasteiger partial charge in [0.15, 0.2) is 0 Å². The first-order chi connectivity index (χ1) is 11.6. The van der Waals surface area contributed by atoms with Crippen LogP contribution in [0.3, 0.4) is 0 Å². The van der Waals surface area contributed by atoms with Gasteiger partial charge in [0.2, 0.25) is 0 Å². The molecule has 0 aliphatic carbocycles. The number of carbonyl (C=O) groups is 2. The first kappa shape index (κ1) is 14.3. The first-order valence-corrected chi connectivity index (χ1v) is 7.30. The summed E-state index contributed by atoms with van der Waals surface area (Å²) in [5.74, 6) is -0.936. The lowest BCUT2D eigenvalue weighted by molar-refractivity contribution is -0.124. The van der Waals surface area contributed by atoms with E-state index < -0.39 is 6.04 Å². The lowest BCUT2D eigenvalue weighted by Crippen LogP contribution is -2.64. The number of nitrogens with zero attached hydrogens (tertiary/aromatic N) is 3. The van der Waals surface area contributed by atoms with Crippen molar-refractivity contribution in [2.75, 3.05) is 11.4 Å². The number of aromatic amines is 1. The highest BCUT2D eigenvalue weighted by Crippen LogP contribution is 2.22. The first-order valence-electron chi connectivity index (χ1n) is 7.30. The summed E-state index contributed by atoms with van der Waals surface area (Å²) < 4.78 is 12.9. The van der Waals surface area contributed by atoms with Gasteiger partial charge in [-0.05, 0) is 42.5 Å². The number of hydrogen-bond acceptors (Lipinski definition) is 4. The molecule has 1 aliphatic rings. The predicted octanol–water partition coefficient (Wildman–Crippen LogP) is 1.24. The van der Waals surface area contributed by atoms with Crippen LogP contribution in [0.4, 0.5) is 10.1 Å². The Kier molecular flexibility index (Phi) is 3.23. The Labute approximate surface area is 135 Å². The number of nitrogens with one attached hydrogen (secondary N) is 2. The van der Waals surface area contributed by atoms with E-state index in [0.717, 1.165) is 0 Å². The standard InChI is InChI=1S/C16H12FN5O2/c17-10-2-4-11(5-3-10)22-8-14(16(22)24)18-15(23)9-1-6-12-13(7-9)20-21-19-12/h1-7,14H,8H2,(H,18,23)(H,19,20,21)/t14-/m0/s1. The number of β-lactam (4-membered cyclic amide) rings is 1. The molecular weight excluding hydrogens is 313 g/mol. The Bertz CT molecular complexity index is 937. The Balaban J connectivity index is 1.43. The minimum absolute atomic E-state index is 0.225. The van der Waals surface area contributed by atoms with Crippen LogP contribution in [0.1, 0.15) is 10.4 Å². The summed E-state index contributed by atoms with van der Waals surface area (Å²) in [6.45, 7) is 0.350. The number of amides is 2. The summed E-state index contributed by atoms with van der Waals surface area (Å²) in [5.41, 5.74) is 2.25. The van der Waals surface area contributed by atoms with Gasteiger partial charge in [-0.25, -0.2) is 4.39 Å². The van der Waals surface area contributed by atoms with Gasteiger partial charge in [0.05, 0.1) is 6.54 Å². The Morgan fingerprint density at radius 1 is 1.17 bits per heavy atom. The Hall–Kier alpha value is -3.29. The lowest BCUT2D eigenvalue weighted by Gasteiger charge is -2.38. The van der Waals surface area contributed by atoms with Crippen molar-refractivity contribution in [3.05, 3.63) is 53.8 Å². The van der Waals surface area contributed by atoms with E-state index in [4.69, 9.17) is 0 Å². The van der Waals surface area contributed by atoms with E-state index in [1.807, 2.05) is 0 Å². The molecule has 2 N–H and O–H groups in total. The minimum atomic E-state index is -0.587. The van der Waals surface area contributed by atoms with Crippen molar-refractivity contribution in [3.8, 4) is 0 Å². The van der Waals surface area contributed by atoms with Crippen molar-refractivity contribution in [3.63, 3.8) is 0 Å². The van der Waals surface area contributed by atoms with Gasteiger partial charge in [0.1, 0.15) is 22.9 Å². The molecule has 7 nitrogen and oxygen atoms in total. The van der Waals surface area contributed by atoms with Gasteiger partial charge >= 0.3 is 0 Å². The third-order valence-electron chi connectivity index (χ3n) is 3.95. The number of halogens is 1. The topological polar surface area (TPSA) is 91.0 Å². The van der Waals surface area contributed by atoms with Crippen LogP contribution in [0.15, 0.2) is 42.5 Å². The zero-order valence-electron chi connectivity index (χ0n) is 12.4. The second-order valence-electron chi connectivity index (χ2n) is 5.48. The van der Waals surface area contributed by atoms with Gasteiger partial charge in [0, 0.05) is 11.3 Å². The highest BCUT2D eigenvalue weighted by molar-refractivity contribution is 6.08. The second kappa shape index (κ2) is 5.41. The smallest absolute Gasteiger partial charge is 0.252 e. The van der Waals surface area contributed by atoms with Crippen molar-refractivity contribution in [1.82, 2.24) is 20.7 Å². The fourth-order valence-electron chi connectivity index (χ4n) is 2.61. The number of carbonyl (C=O) groups excluding carboxylic acids is 2. The number of H-pyrrole nitrogens is 1. The molecule has 2 amide bonds.